The summed E-state index contributed by atoms with van der Waals surface area (Å²) in [7, 11) is 1.84. The van der Waals surface area contributed by atoms with E-state index in [1.807, 2.05) is 13.2 Å². The van der Waals surface area contributed by atoms with Crippen LogP contribution in [0.3, 0.4) is 0 Å². The maximum atomic E-state index is 11.8. The van der Waals surface area contributed by atoms with Crippen molar-refractivity contribution in [3.63, 3.8) is 0 Å². The van der Waals surface area contributed by atoms with Crippen molar-refractivity contribution in [1.82, 2.24) is 25.1 Å². The minimum atomic E-state index is -0.137. The Hall–Kier alpha value is -2.15. The van der Waals surface area contributed by atoms with E-state index in [1.54, 1.807) is 10.9 Å². The second-order valence-electron chi connectivity index (χ2n) is 4.59. The van der Waals surface area contributed by atoms with Crippen LogP contribution in [0, 0.1) is 0 Å². The Morgan fingerprint density at radius 2 is 2.11 bits per heavy atom. The van der Waals surface area contributed by atoms with Crippen molar-refractivity contribution in [2.24, 2.45) is 7.05 Å². The molecule has 19 heavy (non-hydrogen) atoms. The number of hydrogen-bond acceptors (Lipinski definition) is 5. The zero-order chi connectivity index (χ0) is 13.2. The predicted molar refractivity (Wildman–Crippen MR) is 72.1 cm³/mol. The number of nitrogens with zero attached hydrogens (tertiary/aromatic N) is 4. The molecule has 0 aliphatic carbocycles. The molecular formula is C12H16N6O. The molecule has 0 saturated carbocycles. The number of piperazine rings is 1. The van der Waals surface area contributed by atoms with Crippen LogP contribution >= 0.6 is 0 Å². The van der Waals surface area contributed by atoms with Gasteiger partial charge >= 0.3 is 0 Å². The maximum Gasteiger partial charge on any atom is 0.252 e. The standard InChI is InChI=1S/C12H16N6O/c1-17-8-9(7-14-17)10-6-11(19)16-12(15-10)18-4-2-13-3-5-18/h6-8,13H,2-5H2,1H3,(H,15,16,19). The molecule has 3 heterocycles. The van der Waals surface area contributed by atoms with Gasteiger partial charge in [0.25, 0.3) is 5.56 Å². The van der Waals surface area contributed by atoms with Gasteiger partial charge < -0.3 is 10.2 Å². The Bertz CT molecular complexity index is 625. The lowest BCUT2D eigenvalue weighted by atomic mass is 10.2. The van der Waals surface area contributed by atoms with E-state index in [4.69, 9.17) is 0 Å². The third-order valence-corrected chi connectivity index (χ3v) is 3.15. The van der Waals surface area contributed by atoms with Crippen LogP contribution in [0.1, 0.15) is 0 Å². The highest BCUT2D eigenvalue weighted by Gasteiger charge is 2.14. The monoisotopic (exact) mass is 260 g/mol. The number of H-pyrrole nitrogens is 1. The lowest BCUT2D eigenvalue weighted by molar-refractivity contribution is 0.579. The number of aryl methyl sites for hydroxylation is 1. The summed E-state index contributed by atoms with van der Waals surface area (Å²) >= 11 is 0. The molecule has 1 fully saturated rings. The second kappa shape index (κ2) is 4.85. The Morgan fingerprint density at radius 1 is 1.32 bits per heavy atom. The van der Waals surface area contributed by atoms with Crippen molar-refractivity contribution >= 4 is 5.95 Å². The first-order valence-electron chi connectivity index (χ1n) is 6.28. The molecule has 0 amide bonds. The van der Waals surface area contributed by atoms with Crippen LogP contribution in [0.4, 0.5) is 5.95 Å². The number of hydrogen-bond donors (Lipinski definition) is 2. The number of rotatable bonds is 2. The molecule has 2 aromatic heterocycles. The molecule has 1 aliphatic heterocycles. The Kier molecular flexibility index (Phi) is 3.04. The Balaban J connectivity index is 1.98. The minimum Gasteiger partial charge on any atom is -0.340 e. The molecule has 0 spiro atoms. The molecular weight excluding hydrogens is 244 g/mol. The van der Waals surface area contributed by atoms with Crippen molar-refractivity contribution < 1.29 is 0 Å². The molecule has 0 atom stereocenters. The number of anilines is 1. The summed E-state index contributed by atoms with van der Waals surface area (Å²) in [5.74, 6) is 0.632. The average molecular weight is 260 g/mol. The smallest absolute Gasteiger partial charge is 0.252 e. The van der Waals surface area contributed by atoms with Gasteiger partial charge in [0.05, 0.1) is 11.9 Å². The lowest BCUT2D eigenvalue weighted by Gasteiger charge is -2.27. The molecule has 1 aliphatic rings. The fourth-order valence-electron chi connectivity index (χ4n) is 2.17. The summed E-state index contributed by atoms with van der Waals surface area (Å²) in [6.45, 7) is 3.50. The van der Waals surface area contributed by atoms with Gasteiger partial charge in [-0.15, -0.1) is 0 Å². The highest BCUT2D eigenvalue weighted by atomic mass is 16.1. The molecule has 0 aromatic carbocycles. The van der Waals surface area contributed by atoms with Gasteiger partial charge in [-0.05, 0) is 0 Å². The zero-order valence-corrected chi connectivity index (χ0v) is 10.8. The molecule has 0 radical (unpaired) electrons. The van der Waals surface area contributed by atoms with Crippen LogP contribution in [0.5, 0.6) is 0 Å². The Labute approximate surface area is 110 Å². The van der Waals surface area contributed by atoms with Crippen molar-refractivity contribution in [2.45, 2.75) is 0 Å². The third-order valence-electron chi connectivity index (χ3n) is 3.15. The van der Waals surface area contributed by atoms with E-state index >= 15 is 0 Å². The summed E-state index contributed by atoms with van der Waals surface area (Å²) in [5.41, 5.74) is 1.37. The second-order valence-corrected chi connectivity index (χ2v) is 4.59. The van der Waals surface area contributed by atoms with Gasteiger partial charge in [-0.25, -0.2) is 4.98 Å². The number of aromatic nitrogens is 4. The normalized spacial score (nSPS) is 15.7. The van der Waals surface area contributed by atoms with E-state index in [1.165, 1.54) is 6.07 Å². The average Bonchev–Trinajstić information content (AvgIpc) is 2.86. The highest BCUT2D eigenvalue weighted by Crippen LogP contribution is 2.16. The summed E-state index contributed by atoms with van der Waals surface area (Å²) in [4.78, 5) is 21.2. The number of aromatic amines is 1. The lowest BCUT2D eigenvalue weighted by Crippen LogP contribution is -2.44. The van der Waals surface area contributed by atoms with E-state index in [0.717, 1.165) is 31.7 Å². The minimum absolute atomic E-state index is 0.137. The Morgan fingerprint density at radius 3 is 2.79 bits per heavy atom. The fourth-order valence-corrected chi connectivity index (χ4v) is 2.17. The van der Waals surface area contributed by atoms with Crippen LogP contribution in [-0.4, -0.2) is 45.9 Å². The van der Waals surface area contributed by atoms with Gasteiger partial charge in [0.1, 0.15) is 0 Å². The van der Waals surface area contributed by atoms with Gasteiger partial charge in [-0.2, -0.15) is 5.10 Å². The van der Waals surface area contributed by atoms with Crippen LogP contribution in [-0.2, 0) is 7.05 Å². The van der Waals surface area contributed by atoms with Crippen LogP contribution in [0.25, 0.3) is 11.3 Å². The fraction of sp³-hybridized carbons (Fsp3) is 0.417. The SMILES string of the molecule is Cn1cc(-c2cc(=O)[nH]c(N3CCNCC3)n2)cn1. The summed E-state index contributed by atoms with van der Waals surface area (Å²) < 4.78 is 1.70. The van der Waals surface area contributed by atoms with Crippen LogP contribution in [0.15, 0.2) is 23.3 Å². The summed E-state index contributed by atoms with van der Waals surface area (Å²) in [5, 5.41) is 7.38. The summed E-state index contributed by atoms with van der Waals surface area (Å²) in [6.07, 6.45) is 3.56. The molecule has 3 rings (SSSR count). The van der Waals surface area contributed by atoms with Gasteiger partial charge in [0.15, 0.2) is 0 Å². The van der Waals surface area contributed by atoms with Gasteiger partial charge in [-0.3, -0.25) is 14.5 Å². The quantitative estimate of drug-likeness (QED) is 0.767. The van der Waals surface area contributed by atoms with Crippen molar-refractivity contribution in [3.05, 3.63) is 28.8 Å². The first-order valence-corrected chi connectivity index (χ1v) is 6.28. The molecule has 1 saturated heterocycles. The molecule has 0 unspecified atom stereocenters. The largest absolute Gasteiger partial charge is 0.340 e. The molecule has 100 valence electrons. The summed E-state index contributed by atoms with van der Waals surface area (Å²) in [6, 6.07) is 1.50. The number of nitrogens with one attached hydrogen (secondary N) is 2. The van der Waals surface area contributed by atoms with Gasteiger partial charge in [0, 0.05) is 51.1 Å². The van der Waals surface area contributed by atoms with Crippen LogP contribution < -0.4 is 15.8 Å². The third kappa shape index (κ3) is 2.50. The predicted octanol–water partition coefficient (Wildman–Crippen LogP) is -0.420. The molecule has 0 bridgehead atoms. The van der Waals surface area contributed by atoms with Gasteiger partial charge in [-0.1, -0.05) is 0 Å². The first kappa shape index (κ1) is 11.9. The van der Waals surface area contributed by atoms with E-state index in [2.05, 4.69) is 25.3 Å². The van der Waals surface area contributed by atoms with Crippen molar-refractivity contribution in [2.75, 3.05) is 31.1 Å². The van der Waals surface area contributed by atoms with E-state index < -0.39 is 0 Å². The molecule has 7 nitrogen and oxygen atoms in total. The van der Waals surface area contributed by atoms with E-state index in [9.17, 15) is 4.79 Å². The molecule has 7 heteroatoms. The molecule has 2 aromatic rings. The van der Waals surface area contributed by atoms with Crippen molar-refractivity contribution in [3.8, 4) is 11.3 Å². The molecule has 2 N–H and O–H groups in total. The highest BCUT2D eigenvalue weighted by molar-refractivity contribution is 5.58. The zero-order valence-electron chi connectivity index (χ0n) is 10.8. The first-order chi connectivity index (χ1) is 9.22. The van der Waals surface area contributed by atoms with Gasteiger partial charge in [0.2, 0.25) is 5.95 Å². The van der Waals surface area contributed by atoms with Crippen LogP contribution in [0.2, 0.25) is 0 Å². The maximum absolute atomic E-state index is 11.8. The van der Waals surface area contributed by atoms with E-state index in [0.29, 0.717) is 11.6 Å². The van der Waals surface area contributed by atoms with E-state index in [-0.39, 0.29) is 5.56 Å². The topological polar surface area (TPSA) is 78.8 Å². The van der Waals surface area contributed by atoms with Crippen molar-refractivity contribution in [1.29, 1.82) is 0 Å².